The first kappa shape index (κ1) is 32.3. The number of benzene rings is 8. The average molecular weight is 763 g/mol. The molecule has 0 N–H and O–H groups in total. The minimum absolute atomic E-state index is 0.660. The molecule has 266 valence electrons. The largest absolute Gasteiger partial charge is 0.308 e. The quantitative estimate of drug-likeness (QED) is 0.175. The van der Waals surface area contributed by atoms with Crippen molar-refractivity contribution in [3.05, 3.63) is 182 Å². The molecular weight excluding hydrogens is 733 g/mol. The van der Waals surface area contributed by atoms with Crippen LogP contribution in [0.15, 0.2) is 182 Å². The summed E-state index contributed by atoms with van der Waals surface area (Å²) in [7, 11) is 0. The van der Waals surface area contributed by atoms with Crippen LogP contribution in [0.3, 0.4) is 0 Å². The van der Waals surface area contributed by atoms with Crippen molar-refractivity contribution >= 4 is 84.8 Å². The van der Waals surface area contributed by atoms with Gasteiger partial charge in [0.2, 0.25) is 0 Å². The van der Waals surface area contributed by atoms with Crippen LogP contribution in [-0.2, 0) is 0 Å². The van der Waals surface area contributed by atoms with Gasteiger partial charge in [-0.25, -0.2) is 15.0 Å². The van der Waals surface area contributed by atoms with E-state index < -0.39 is 0 Å². The van der Waals surface area contributed by atoms with Gasteiger partial charge in [-0.2, -0.15) is 0 Å². The highest BCUT2D eigenvalue weighted by Gasteiger charge is 2.20. The zero-order chi connectivity index (χ0) is 37.5. The summed E-state index contributed by atoms with van der Waals surface area (Å²) >= 11 is 3.68. The number of nitrogens with zero attached hydrogens (tertiary/aromatic N) is 4. The molecule has 0 saturated heterocycles. The van der Waals surface area contributed by atoms with Gasteiger partial charge in [-0.1, -0.05) is 133 Å². The number of para-hydroxylation sites is 1. The molecule has 0 saturated carbocycles. The molecular formula is C51H30N4S2. The van der Waals surface area contributed by atoms with E-state index in [-0.39, 0.29) is 0 Å². The van der Waals surface area contributed by atoms with E-state index in [9.17, 15) is 0 Å². The molecule has 0 atom stereocenters. The molecule has 0 unspecified atom stereocenters. The number of rotatable bonds is 5. The van der Waals surface area contributed by atoms with Crippen LogP contribution in [0.2, 0.25) is 0 Å². The fraction of sp³-hybridized carbons (Fsp3) is 0. The van der Waals surface area contributed by atoms with Gasteiger partial charge in [-0.05, 0) is 59.7 Å². The summed E-state index contributed by atoms with van der Waals surface area (Å²) in [4.78, 5) is 15.2. The Morgan fingerprint density at radius 2 is 0.930 bits per heavy atom. The van der Waals surface area contributed by atoms with Crippen LogP contribution in [0, 0.1) is 0 Å². The molecule has 0 aliphatic heterocycles. The topological polar surface area (TPSA) is 43.6 Å². The second-order valence-corrected chi connectivity index (χ2v) is 16.5. The Hall–Kier alpha value is -6.99. The second kappa shape index (κ2) is 12.8. The summed E-state index contributed by atoms with van der Waals surface area (Å²) < 4.78 is 7.51. The minimum atomic E-state index is 0.660. The summed E-state index contributed by atoms with van der Waals surface area (Å²) in [6, 6.07) is 64.9. The molecule has 0 radical (unpaired) electrons. The third kappa shape index (κ3) is 5.15. The first-order valence-corrected chi connectivity index (χ1v) is 20.7. The standard InChI is InChI=1S/C51H30N4S2/c1-3-13-31(14-4-1)49-52-50(32-15-5-2-6-16-32)54-51(53-49)38-20-12-24-46-47(38)40-30-34(26-28-45(40)56-46)33-25-27-42-39(29-33)35-17-7-9-21-41(35)55(42)43-22-11-19-37-36-18-8-10-23-44(36)57-48(37)43/h1-30H. The maximum Gasteiger partial charge on any atom is 0.164 e. The van der Waals surface area contributed by atoms with Gasteiger partial charge in [0.25, 0.3) is 0 Å². The summed E-state index contributed by atoms with van der Waals surface area (Å²) in [5.41, 5.74) is 8.90. The Bertz CT molecular complexity index is 3470. The van der Waals surface area contributed by atoms with Gasteiger partial charge in [0.05, 0.1) is 21.4 Å². The van der Waals surface area contributed by atoms with Gasteiger partial charge in [-0.3, -0.25) is 0 Å². The second-order valence-electron chi connectivity index (χ2n) is 14.4. The molecule has 0 aliphatic carbocycles. The van der Waals surface area contributed by atoms with Crippen molar-refractivity contribution in [2.75, 3.05) is 0 Å². The van der Waals surface area contributed by atoms with Crippen LogP contribution in [0.25, 0.3) is 113 Å². The number of hydrogen-bond donors (Lipinski definition) is 0. The van der Waals surface area contributed by atoms with Crippen LogP contribution < -0.4 is 0 Å². The van der Waals surface area contributed by atoms with Gasteiger partial charge in [-0.15, -0.1) is 22.7 Å². The Morgan fingerprint density at radius 1 is 0.351 bits per heavy atom. The lowest BCUT2D eigenvalue weighted by molar-refractivity contribution is 1.08. The van der Waals surface area contributed by atoms with Crippen LogP contribution in [0.5, 0.6) is 0 Å². The Kier molecular flexibility index (Phi) is 7.24. The van der Waals surface area contributed by atoms with E-state index in [4.69, 9.17) is 15.0 Å². The van der Waals surface area contributed by atoms with E-state index in [1.165, 1.54) is 73.6 Å². The summed E-state index contributed by atoms with van der Waals surface area (Å²) in [6.45, 7) is 0. The van der Waals surface area contributed by atoms with E-state index in [1.807, 2.05) is 59.1 Å². The molecule has 0 aliphatic rings. The van der Waals surface area contributed by atoms with Gasteiger partial charge >= 0.3 is 0 Å². The van der Waals surface area contributed by atoms with E-state index in [0.29, 0.717) is 17.5 Å². The van der Waals surface area contributed by atoms with E-state index >= 15 is 0 Å². The van der Waals surface area contributed by atoms with Crippen molar-refractivity contribution in [2.45, 2.75) is 0 Å². The van der Waals surface area contributed by atoms with Gasteiger partial charge in [0.1, 0.15) is 0 Å². The Balaban J connectivity index is 1.04. The zero-order valence-corrected chi connectivity index (χ0v) is 32.1. The van der Waals surface area contributed by atoms with Crippen LogP contribution in [-0.4, -0.2) is 19.5 Å². The molecule has 6 heteroatoms. The molecule has 0 fully saturated rings. The van der Waals surface area contributed by atoms with Crippen molar-refractivity contribution < 1.29 is 0 Å². The highest BCUT2D eigenvalue weighted by molar-refractivity contribution is 7.26. The third-order valence-corrected chi connectivity index (χ3v) is 13.4. The van der Waals surface area contributed by atoms with E-state index in [2.05, 4.69) is 150 Å². The first-order chi connectivity index (χ1) is 28.2. The molecule has 12 aromatic rings. The van der Waals surface area contributed by atoms with Crippen LogP contribution in [0.1, 0.15) is 0 Å². The molecule has 57 heavy (non-hydrogen) atoms. The fourth-order valence-corrected chi connectivity index (χ4v) is 10.8. The normalized spacial score (nSPS) is 11.9. The lowest BCUT2D eigenvalue weighted by Crippen LogP contribution is -2.00. The molecule has 0 amide bonds. The van der Waals surface area contributed by atoms with Gasteiger partial charge < -0.3 is 4.57 Å². The van der Waals surface area contributed by atoms with Crippen molar-refractivity contribution in [2.24, 2.45) is 0 Å². The number of fused-ring (bicyclic) bond motifs is 9. The fourth-order valence-electron chi connectivity index (χ4n) is 8.44. The summed E-state index contributed by atoms with van der Waals surface area (Å²) in [6.07, 6.45) is 0. The minimum Gasteiger partial charge on any atom is -0.308 e. The molecule has 12 rings (SSSR count). The monoisotopic (exact) mass is 762 g/mol. The molecule has 0 bridgehead atoms. The maximum absolute atomic E-state index is 5.12. The predicted molar refractivity (Wildman–Crippen MR) is 242 cm³/mol. The van der Waals surface area contributed by atoms with Gasteiger partial charge in [0.15, 0.2) is 17.5 Å². The molecule has 0 spiro atoms. The first-order valence-electron chi connectivity index (χ1n) is 19.0. The SMILES string of the molecule is c1ccc(-c2nc(-c3ccccc3)nc(-c3cccc4sc5ccc(-c6ccc7c(c6)c6ccccc6n7-c6cccc7c6sc6ccccc67)cc5c34)n2)cc1. The number of aromatic nitrogens is 4. The zero-order valence-electron chi connectivity index (χ0n) is 30.4. The molecule has 4 aromatic heterocycles. The smallest absolute Gasteiger partial charge is 0.164 e. The maximum atomic E-state index is 5.12. The number of thiophene rings is 2. The summed E-state index contributed by atoms with van der Waals surface area (Å²) in [5, 5.41) is 7.46. The van der Waals surface area contributed by atoms with E-state index in [1.54, 1.807) is 0 Å². The lowest BCUT2D eigenvalue weighted by atomic mass is 9.99. The van der Waals surface area contributed by atoms with Crippen molar-refractivity contribution in [1.29, 1.82) is 0 Å². The predicted octanol–water partition coefficient (Wildman–Crippen LogP) is 14.4. The summed E-state index contributed by atoms with van der Waals surface area (Å²) in [5.74, 6) is 1.99. The van der Waals surface area contributed by atoms with Crippen molar-refractivity contribution in [3.63, 3.8) is 0 Å². The number of hydrogen-bond acceptors (Lipinski definition) is 5. The molecule has 8 aromatic carbocycles. The Morgan fingerprint density at radius 3 is 1.72 bits per heavy atom. The highest BCUT2D eigenvalue weighted by Crippen LogP contribution is 2.44. The highest BCUT2D eigenvalue weighted by atomic mass is 32.1. The van der Waals surface area contributed by atoms with Gasteiger partial charge in [0, 0.05) is 63.1 Å². The van der Waals surface area contributed by atoms with Crippen molar-refractivity contribution in [3.8, 4) is 51.0 Å². The van der Waals surface area contributed by atoms with Crippen LogP contribution in [0.4, 0.5) is 0 Å². The third-order valence-electron chi connectivity index (χ3n) is 11.1. The molecule has 4 heterocycles. The Labute approximate surface area is 335 Å². The molecule has 4 nitrogen and oxygen atoms in total. The lowest BCUT2D eigenvalue weighted by Gasteiger charge is -2.10. The average Bonchev–Trinajstić information content (AvgIpc) is 3.96. The van der Waals surface area contributed by atoms with Crippen molar-refractivity contribution in [1.82, 2.24) is 19.5 Å². The van der Waals surface area contributed by atoms with E-state index in [0.717, 1.165) is 22.1 Å². The van der Waals surface area contributed by atoms with Crippen LogP contribution >= 0.6 is 22.7 Å².